The zero-order valence-electron chi connectivity index (χ0n) is 18.8. The summed E-state index contributed by atoms with van der Waals surface area (Å²) >= 11 is 0. The van der Waals surface area contributed by atoms with Gasteiger partial charge in [-0.05, 0) is 77.9 Å². The minimum Gasteiger partial charge on any atom is -0.301 e. The highest BCUT2D eigenvalue weighted by molar-refractivity contribution is 7.91. The number of hydrogen-bond donors (Lipinski definition) is 3. The van der Waals surface area contributed by atoms with Gasteiger partial charge in [0.2, 0.25) is 0 Å². The summed E-state index contributed by atoms with van der Waals surface area (Å²) in [6, 6.07) is 0.404. The first kappa shape index (κ1) is 22.9. The van der Waals surface area contributed by atoms with Crippen molar-refractivity contribution in [2.75, 3.05) is 40.0 Å². The van der Waals surface area contributed by atoms with Crippen molar-refractivity contribution in [1.82, 2.24) is 25.9 Å². The number of nitrogens with one attached hydrogen (secondary N) is 3. The SMILES string of the molecule is CN(C)C1CCC(C2NOC([C@H]3CCCN3CC3CCC(S(C)(=O)=O)CC3)N2)CN1. The van der Waals surface area contributed by atoms with E-state index in [0.29, 0.717) is 24.0 Å². The molecule has 30 heavy (non-hydrogen) atoms. The summed E-state index contributed by atoms with van der Waals surface area (Å²) in [6.07, 6.45) is 10.5. The fourth-order valence-corrected chi connectivity index (χ4v) is 7.03. The molecule has 1 saturated carbocycles. The van der Waals surface area contributed by atoms with Gasteiger partial charge in [0.05, 0.1) is 23.6 Å². The van der Waals surface area contributed by atoms with Crippen molar-refractivity contribution in [3.05, 3.63) is 0 Å². The summed E-state index contributed by atoms with van der Waals surface area (Å²) in [5.74, 6) is 1.14. The molecule has 5 atom stereocenters. The Labute approximate surface area is 182 Å². The van der Waals surface area contributed by atoms with Crippen molar-refractivity contribution in [3.63, 3.8) is 0 Å². The number of piperidine rings is 1. The van der Waals surface area contributed by atoms with Gasteiger partial charge in [-0.3, -0.25) is 20.0 Å². The molecule has 4 fully saturated rings. The van der Waals surface area contributed by atoms with Gasteiger partial charge in [0.15, 0.2) is 0 Å². The second kappa shape index (κ2) is 9.68. The Morgan fingerprint density at radius 2 is 1.83 bits per heavy atom. The fourth-order valence-electron chi connectivity index (χ4n) is 5.90. The first-order valence-electron chi connectivity index (χ1n) is 11.8. The predicted molar refractivity (Wildman–Crippen MR) is 118 cm³/mol. The standard InChI is InChI=1S/C21H41N5O3S/c1-25(2)19-11-8-16(13-22-19)20-23-21(29-24-20)18-5-4-12-26(18)14-15-6-9-17(10-7-15)30(3,27)28/h15-24H,4-14H2,1-3H3/t15?,16?,17?,18-,19?,20?,21?/m1/s1. The molecule has 0 aromatic carbocycles. The van der Waals surface area contributed by atoms with Crippen LogP contribution in [0.4, 0.5) is 0 Å². The summed E-state index contributed by atoms with van der Waals surface area (Å²) in [6.45, 7) is 3.20. The minimum atomic E-state index is -2.89. The third-order valence-corrected chi connectivity index (χ3v) is 9.53. The molecule has 0 aromatic heterocycles. The molecule has 0 amide bonds. The van der Waals surface area contributed by atoms with Gasteiger partial charge in [0.1, 0.15) is 16.1 Å². The molecule has 4 unspecified atom stereocenters. The van der Waals surface area contributed by atoms with E-state index in [1.165, 1.54) is 19.1 Å². The van der Waals surface area contributed by atoms with Gasteiger partial charge < -0.3 is 5.32 Å². The van der Waals surface area contributed by atoms with Crippen LogP contribution in [0.1, 0.15) is 51.4 Å². The van der Waals surface area contributed by atoms with E-state index in [2.05, 4.69) is 40.0 Å². The van der Waals surface area contributed by atoms with Gasteiger partial charge in [-0.15, -0.1) is 0 Å². The maximum absolute atomic E-state index is 11.8. The molecule has 1 aliphatic carbocycles. The van der Waals surface area contributed by atoms with Crippen molar-refractivity contribution in [2.24, 2.45) is 11.8 Å². The van der Waals surface area contributed by atoms with Gasteiger partial charge in [0, 0.05) is 25.3 Å². The molecule has 0 radical (unpaired) electrons. The number of likely N-dealkylation sites (tertiary alicyclic amines) is 1. The zero-order valence-corrected chi connectivity index (χ0v) is 19.7. The summed E-state index contributed by atoms with van der Waals surface area (Å²) in [4.78, 5) is 10.9. The molecule has 4 rings (SSSR count). The molecular weight excluding hydrogens is 402 g/mol. The van der Waals surface area contributed by atoms with Gasteiger partial charge in [-0.25, -0.2) is 8.42 Å². The van der Waals surface area contributed by atoms with E-state index in [4.69, 9.17) is 4.84 Å². The second-order valence-corrected chi connectivity index (χ2v) is 12.5. The van der Waals surface area contributed by atoms with Crippen molar-refractivity contribution in [2.45, 2.75) is 81.2 Å². The van der Waals surface area contributed by atoms with E-state index < -0.39 is 9.84 Å². The molecule has 174 valence electrons. The largest absolute Gasteiger partial charge is 0.301 e. The number of hydroxylamine groups is 1. The Morgan fingerprint density at radius 3 is 2.47 bits per heavy atom. The second-order valence-electron chi connectivity index (χ2n) is 10.2. The van der Waals surface area contributed by atoms with Crippen molar-refractivity contribution >= 4 is 9.84 Å². The Kier molecular flexibility index (Phi) is 7.39. The molecule has 3 N–H and O–H groups in total. The molecule has 4 aliphatic rings. The average Bonchev–Trinajstić information content (AvgIpc) is 3.37. The molecule has 3 heterocycles. The van der Waals surface area contributed by atoms with Crippen molar-refractivity contribution in [1.29, 1.82) is 0 Å². The molecule has 3 saturated heterocycles. The summed E-state index contributed by atoms with van der Waals surface area (Å²) in [7, 11) is 1.38. The monoisotopic (exact) mass is 443 g/mol. The minimum absolute atomic E-state index is 0.0384. The van der Waals surface area contributed by atoms with Crippen LogP contribution in [0.15, 0.2) is 0 Å². The molecule has 9 heteroatoms. The smallest absolute Gasteiger partial charge is 0.150 e. The van der Waals surface area contributed by atoms with E-state index >= 15 is 0 Å². The zero-order chi connectivity index (χ0) is 21.3. The van der Waals surface area contributed by atoms with Crippen LogP contribution >= 0.6 is 0 Å². The number of sulfone groups is 1. The lowest BCUT2D eigenvalue weighted by Crippen LogP contribution is -2.54. The Hall–Kier alpha value is -0.290. The molecule has 8 nitrogen and oxygen atoms in total. The van der Waals surface area contributed by atoms with Crippen LogP contribution in [-0.2, 0) is 14.7 Å². The number of rotatable bonds is 6. The molecule has 0 bridgehead atoms. The van der Waals surface area contributed by atoms with Crippen LogP contribution in [0.5, 0.6) is 0 Å². The first-order chi connectivity index (χ1) is 14.3. The lowest BCUT2D eigenvalue weighted by Gasteiger charge is -2.36. The third-order valence-electron chi connectivity index (χ3n) is 7.84. The van der Waals surface area contributed by atoms with Gasteiger partial charge in [-0.1, -0.05) is 0 Å². The Balaban J connectivity index is 1.25. The Bertz CT molecular complexity index is 660. The first-order valence-corrected chi connectivity index (χ1v) is 13.8. The fraction of sp³-hybridized carbons (Fsp3) is 1.00. The van der Waals surface area contributed by atoms with Crippen LogP contribution in [-0.4, -0.2) is 88.1 Å². The highest BCUT2D eigenvalue weighted by atomic mass is 32.2. The summed E-state index contributed by atoms with van der Waals surface area (Å²) in [5, 5.41) is 7.26. The van der Waals surface area contributed by atoms with Crippen molar-refractivity contribution in [3.8, 4) is 0 Å². The van der Waals surface area contributed by atoms with Crippen molar-refractivity contribution < 1.29 is 13.3 Å². The topological polar surface area (TPSA) is 85.9 Å². The van der Waals surface area contributed by atoms with E-state index in [1.807, 2.05) is 0 Å². The lowest BCUT2D eigenvalue weighted by atomic mass is 9.88. The highest BCUT2D eigenvalue weighted by Crippen LogP contribution is 2.32. The lowest BCUT2D eigenvalue weighted by molar-refractivity contribution is -0.0272. The predicted octanol–water partition coefficient (Wildman–Crippen LogP) is 0.718. The van der Waals surface area contributed by atoms with Crippen LogP contribution in [0.25, 0.3) is 0 Å². The summed E-state index contributed by atoms with van der Waals surface area (Å²) < 4.78 is 23.7. The highest BCUT2D eigenvalue weighted by Gasteiger charge is 2.41. The average molecular weight is 444 g/mol. The van der Waals surface area contributed by atoms with E-state index in [1.54, 1.807) is 0 Å². The molecule has 3 aliphatic heterocycles. The summed E-state index contributed by atoms with van der Waals surface area (Å²) in [5.41, 5.74) is 3.29. The van der Waals surface area contributed by atoms with Gasteiger partial charge in [-0.2, -0.15) is 5.48 Å². The molecule has 0 spiro atoms. The van der Waals surface area contributed by atoms with E-state index in [0.717, 1.165) is 58.2 Å². The maximum Gasteiger partial charge on any atom is 0.150 e. The van der Waals surface area contributed by atoms with E-state index in [-0.39, 0.29) is 17.6 Å². The molecule has 0 aromatic rings. The normalized spacial score (nSPS) is 41.5. The Morgan fingerprint density at radius 1 is 1.07 bits per heavy atom. The van der Waals surface area contributed by atoms with Crippen LogP contribution < -0.4 is 16.1 Å². The number of hydrogen-bond acceptors (Lipinski definition) is 8. The third kappa shape index (κ3) is 5.36. The van der Waals surface area contributed by atoms with E-state index in [9.17, 15) is 8.42 Å². The number of nitrogens with zero attached hydrogens (tertiary/aromatic N) is 2. The quantitative estimate of drug-likeness (QED) is 0.554. The van der Waals surface area contributed by atoms with Crippen LogP contribution in [0, 0.1) is 11.8 Å². The molecular formula is C21H41N5O3S. The van der Waals surface area contributed by atoms with Crippen LogP contribution in [0.3, 0.4) is 0 Å². The van der Waals surface area contributed by atoms with Gasteiger partial charge in [0.25, 0.3) is 0 Å². The van der Waals surface area contributed by atoms with Gasteiger partial charge >= 0.3 is 0 Å². The van der Waals surface area contributed by atoms with Crippen LogP contribution in [0.2, 0.25) is 0 Å². The maximum atomic E-state index is 11.8.